The van der Waals surface area contributed by atoms with Crippen molar-refractivity contribution in [2.24, 2.45) is 7.05 Å². The van der Waals surface area contributed by atoms with Gasteiger partial charge in [0.15, 0.2) is 5.15 Å². The number of aromatic nitrogens is 2. The van der Waals surface area contributed by atoms with Crippen molar-refractivity contribution in [3.63, 3.8) is 0 Å². The normalized spacial score (nSPS) is 12.8. The molecule has 1 heterocycles. The molecule has 4 nitrogen and oxygen atoms in total. The Morgan fingerprint density at radius 1 is 1.85 bits per heavy atom. The van der Waals surface area contributed by atoms with Gasteiger partial charge in [-0.1, -0.05) is 18.5 Å². The molecule has 0 aliphatic rings. The average Bonchev–Trinajstić information content (AvgIpc) is 2.36. The molecule has 1 aromatic heterocycles. The number of carboxylic acids is 1. The molecule has 0 spiro atoms. The second kappa shape index (κ2) is 3.79. The minimum Gasteiger partial charge on any atom is -0.481 e. The Hall–Kier alpha value is -1.03. The minimum atomic E-state index is -0.868. The summed E-state index contributed by atoms with van der Waals surface area (Å²) in [5, 5.41) is 9.17. The van der Waals surface area contributed by atoms with Crippen LogP contribution in [0, 0.1) is 0 Å². The van der Waals surface area contributed by atoms with Crippen molar-refractivity contribution in [1.29, 1.82) is 0 Å². The number of aliphatic carboxylic acids is 1. The molecular formula is C8H11ClN2O2. The van der Waals surface area contributed by atoms with Gasteiger partial charge in [0.25, 0.3) is 0 Å². The van der Waals surface area contributed by atoms with Crippen LogP contribution in [-0.4, -0.2) is 20.6 Å². The van der Waals surface area contributed by atoms with Gasteiger partial charge in [-0.25, -0.2) is 4.98 Å². The maximum Gasteiger partial charge on any atom is 0.312 e. The van der Waals surface area contributed by atoms with Crippen LogP contribution >= 0.6 is 11.6 Å². The second-order valence-corrected chi connectivity index (χ2v) is 3.19. The lowest BCUT2D eigenvalue weighted by Gasteiger charge is -2.10. The molecule has 5 heteroatoms. The van der Waals surface area contributed by atoms with Crippen molar-refractivity contribution < 1.29 is 9.90 Å². The smallest absolute Gasteiger partial charge is 0.312 e. The molecule has 0 aliphatic heterocycles. The highest BCUT2D eigenvalue weighted by atomic mass is 35.5. The van der Waals surface area contributed by atoms with E-state index in [1.807, 2.05) is 6.92 Å². The predicted octanol–water partition coefficient (Wildman–Crippen LogP) is 1.65. The molecule has 1 atom stereocenters. The summed E-state index contributed by atoms with van der Waals surface area (Å²) in [7, 11) is 1.74. The van der Waals surface area contributed by atoms with Gasteiger partial charge in [-0.15, -0.1) is 0 Å². The predicted molar refractivity (Wildman–Crippen MR) is 48.9 cm³/mol. The van der Waals surface area contributed by atoms with Crippen molar-refractivity contribution in [3.8, 4) is 0 Å². The maximum absolute atomic E-state index is 10.8. The first-order valence-electron chi connectivity index (χ1n) is 3.97. The highest BCUT2D eigenvalue weighted by molar-refractivity contribution is 6.30. The first kappa shape index (κ1) is 10.1. The third kappa shape index (κ3) is 1.83. The second-order valence-electron chi connectivity index (χ2n) is 2.83. The summed E-state index contributed by atoms with van der Waals surface area (Å²) in [6.07, 6.45) is 2.03. The number of aryl methyl sites for hydroxylation is 1. The Morgan fingerprint density at radius 2 is 2.46 bits per heavy atom. The highest BCUT2D eigenvalue weighted by Gasteiger charge is 2.23. The fourth-order valence-electron chi connectivity index (χ4n) is 1.29. The van der Waals surface area contributed by atoms with Crippen molar-refractivity contribution in [3.05, 3.63) is 17.2 Å². The molecule has 0 amide bonds. The Kier molecular flexibility index (Phi) is 2.93. The zero-order chi connectivity index (χ0) is 10.0. The van der Waals surface area contributed by atoms with E-state index in [1.165, 1.54) is 6.33 Å². The van der Waals surface area contributed by atoms with Gasteiger partial charge < -0.3 is 9.67 Å². The van der Waals surface area contributed by atoms with E-state index in [0.717, 1.165) is 0 Å². The SMILES string of the molecule is CCC(C(=O)O)c1c(Cl)ncn1C. The average molecular weight is 203 g/mol. The van der Waals surface area contributed by atoms with Gasteiger partial charge in [0.05, 0.1) is 17.9 Å². The van der Waals surface area contributed by atoms with Gasteiger partial charge in [0.1, 0.15) is 0 Å². The fraction of sp³-hybridized carbons (Fsp3) is 0.500. The lowest BCUT2D eigenvalue weighted by Crippen LogP contribution is -2.14. The molecule has 0 radical (unpaired) electrons. The summed E-state index contributed by atoms with van der Waals surface area (Å²) in [6, 6.07) is 0. The Morgan fingerprint density at radius 3 is 2.77 bits per heavy atom. The Balaban J connectivity index is 3.10. The lowest BCUT2D eigenvalue weighted by molar-refractivity contribution is -0.139. The van der Waals surface area contributed by atoms with E-state index in [2.05, 4.69) is 4.98 Å². The molecule has 0 aliphatic carbocycles. The molecule has 13 heavy (non-hydrogen) atoms. The van der Waals surface area contributed by atoms with Crippen LogP contribution in [-0.2, 0) is 11.8 Å². The van der Waals surface area contributed by atoms with Crippen LogP contribution in [0.4, 0.5) is 0 Å². The minimum absolute atomic E-state index is 0.275. The van der Waals surface area contributed by atoms with E-state index in [1.54, 1.807) is 11.6 Å². The molecule has 1 unspecified atom stereocenters. The lowest BCUT2D eigenvalue weighted by atomic mass is 10.0. The van der Waals surface area contributed by atoms with Gasteiger partial charge >= 0.3 is 5.97 Å². The van der Waals surface area contributed by atoms with Crippen molar-refractivity contribution >= 4 is 17.6 Å². The van der Waals surface area contributed by atoms with Crippen LogP contribution in [0.2, 0.25) is 5.15 Å². The Labute approximate surface area is 81.2 Å². The quantitative estimate of drug-likeness (QED) is 0.811. The topological polar surface area (TPSA) is 55.1 Å². The number of halogens is 1. The maximum atomic E-state index is 10.8. The van der Waals surface area contributed by atoms with Gasteiger partial charge in [-0.3, -0.25) is 4.79 Å². The molecular weight excluding hydrogens is 192 g/mol. The van der Waals surface area contributed by atoms with Crippen LogP contribution in [0.15, 0.2) is 6.33 Å². The van der Waals surface area contributed by atoms with E-state index in [9.17, 15) is 4.79 Å². The number of rotatable bonds is 3. The molecule has 1 N–H and O–H groups in total. The standard InChI is InChI=1S/C8H11ClN2O2/c1-3-5(8(12)13)6-7(9)10-4-11(6)2/h4-5H,3H2,1-2H3,(H,12,13). The van der Waals surface area contributed by atoms with E-state index >= 15 is 0 Å². The largest absolute Gasteiger partial charge is 0.481 e. The number of carbonyl (C=O) groups is 1. The van der Waals surface area contributed by atoms with Crippen LogP contribution < -0.4 is 0 Å². The first-order valence-corrected chi connectivity index (χ1v) is 4.35. The highest BCUT2D eigenvalue weighted by Crippen LogP contribution is 2.25. The van der Waals surface area contributed by atoms with Crippen LogP contribution in [0.25, 0.3) is 0 Å². The summed E-state index contributed by atoms with van der Waals surface area (Å²) >= 11 is 5.77. The van der Waals surface area contributed by atoms with E-state index in [0.29, 0.717) is 12.1 Å². The number of imidazole rings is 1. The zero-order valence-electron chi connectivity index (χ0n) is 7.49. The van der Waals surface area contributed by atoms with Crippen molar-refractivity contribution in [1.82, 2.24) is 9.55 Å². The summed E-state index contributed by atoms with van der Waals surface area (Å²) in [5.74, 6) is -1.44. The van der Waals surface area contributed by atoms with Gasteiger partial charge in [-0.2, -0.15) is 0 Å². The number of hydrogen-bond acceptors (Lipinski definition) is 2. The van der Waals surface area contributed by atoms with Crippen LogP contribution in [0.1, 0.15) is 25.0 Å². The number of nitrogens with zero attached hydrogens (tertiary/aromatic N) is 2. The molecule has 72 valence electrons. The van der Waals surface area contributed by atoms with Crippen LogP contribution in [0.5, 0.6) is 0 Å². The monoisotopic (exact) mass is 202 g/mol. The van der Waals surface area contributed by atoms with Gasteiger partial charge in [0, 0.05) is 7.05 Å². The molecule has 0 fully saturated rings. The summed E-state index contributed by atoms with van der Waals surface area (Å²) in [6.45, 7) is 1.81. The molecule has 0 saturated carbocycles. The first-order chi connectivity index (χ1) is 6.07. The molecule has 0 saturated heterocycles. The van der Waals surface area contributed by atoms with Gasteiger partial charge in [-0.05, 0) is 6.42 Å². The third-order valence-corrected chi connectivity index (χ3v) is 2.26. The fourth-order valence-corrected chi connectivity index (χ4v) is 1.59. The van der Waals surface area contributed by atoms with Crippen molar-refractivity contribution in [2.45, 2.75) is 19.3 Å². The van der Waals surface area contributed by atoms with Gasteiger partial charge in [0.2, 0.25) is 0 Å². The van der Waals surface area contributed by atoms with Crippen molar-refractivity contribution in [2.75, 3.05) is 0 Å². The number of hydrogen-bond donors (Lipinski definition) is 1. The Bertz CT molecular complexity index is 302. The zero-order valence-corrected chi connectivity index (χ0v) is 8.25. The molecule has 1 rings (SSSR count). The molecule has 0 aromatic carbocycles. The summed E-state index contributed by atoms with van der Waals surface area (Å²) < 4.78 is 1.64. The molecule has 1 aromatic rings. The van der Waals surface area contributed by atoms with E-state index < -0.39 is 11.9 Å². The summed E-state index contributed by atoms with van der Waals surface area (Å²) in [5.41, 5.74) is 0.566. The summed E-state index contributed by atoms with van der Waals surface area (Å²) in [4.78, 5) is 14.7. The number of carboxylic acid groups (broad SMARTS) is 1. The third-order valence-electron chi connectivity index (χ3n) is 1.97. The van der Waals surface area contributed by atoms with Crippen LogP contribution in [0.3, 0.4) is 0 Å². The van der Waals surface area contributed by atoms with E-state index in [4.69, 9.17) is 16.7 Å². The molecule has 0 bridgehead atoms. The van der Waals surface area contributed by atoms with E-state index in [-0.39, 0.29) is 5.15 Å².